The number of amides is 2. The van der Waals surface area contributed by atoms with Gasteiger partial charge in [0.2, 0.25) is 11.8 Å². The number of carbonyl (C=O) groups is 2. The molecule has 7 rings (SSSR count). The Morgan fingerprint density at radius 2 is 1.48 bits per heavy atom. The van der Waals surface area contributed by atoms with E-state index in [2.05, 4.69) is 102 Å². The minimum absolute atomic E-state index is 0.00826. The summed E-state index contributed by atoms with van der Waals surface area (Å²) in [5, 5.41) is 18.0. The van der Waals surface area contributed by atoms with Crippen LogP contribution in [0.25, 0.3) is 21.9 Å². The molecule has 0 saturated carbocycles. The molecule has 6 aromatic carbocycles. The van der Waals surface area contributed by atoms with Crippen LogP contribution >= 0.6 is 0 Å². The van der Waals surface area contributed by atoms with Crippen LogP contribution in [0.1, 0.15) is 78.9 Å². The maximum Gasteiger partial charge on any atom is 0.224 e. The van der Waals surface area contributed by atoms with Gasteiger partial charge in [-0.05, 0) is 82.7 Å². The van der Waals surface area contributed by atoms with Crippen LogP contribution in [0.2, 0.25) is 0 Å². The number of anilines is 2. The van der Waals surface area contributed by atoms with Gasteiger partial charge in [0.15, 0.2) is 6.29 Å². The second-order valence-corrected chi connectivity index (χ2v) is 15.1. The third-order valence-corrected chi connectivity index (χ3v) is 11.1. The second kappa shape index (κ2) is 19.1. The van der Waals surface area contributed by atoms with Crippen molar-refractivity contribution in [2.24, 2.45) is 0 Å². The Morgan fingerprint density at radius 1 is 0.793 bits per heavy atom. The number of nitrogens with zero attached hydrogens (tertiary/aromatic N) is 1. The molecule has 0 radical (unpaired) electrons. The number of likely N-dealkylation sites (N-methyl/N-ethyl adjacent to an activating group) is 1. The number of rotatable bonds is 15. The zero-order valence-electron chi connectivity index (χ0n) is 33.1. The largest absolute Gasteiger partial charge is 0.397 e. The predicted octanol–water partition coefficient (Wildman–Crippen LogP) is 9.24. The average Bonchev–Trinajstić information content (AvgIpc) is 3.26. The minimum Gasteiger partial charge on any atom is -0.397 e. The van der Waals surface area contributed by atoms with Gasteiger partial charge in [-0.2, -0.15) is 0 Å². The van der Waals surface area contributed by atoms with E-state index < -0.39 is 6.29 Å². The Labute approximate surface area is 340 Å². The Balaban J connectivity index is 0.998. The fraction of sp³-hybridized carbons (Fsp3) is 0.265. The smallest absolute Gasteiger partial charge is 0.224 e. The quantitative estimate of drug-likeness (QED) is 0.0767. The number of aliphatic hydroxyl groups is 1. The Bertz CT molecular complexity index is 2310. The fourth-order valence-electron chi connectivity index (χ4n) is 7.53. The lowest BCUT2D eigenvalue weighted by molar-refractivity contribution is -0.253. The van der Waals surface area contributed by atoms with Crippen LogP contribution in [0.15, 0.2) is 140 Å². The lowest BCUT2D eigenvalue weighted by Gasteiger charge is -2.39. The number of nitrogen functional groups attached to an aromatic ring is 1. The molecular weight excluding hydrogens is 725 g/mol. The highest BCUT2D eigenvalue weighted by atomic mass is 16.7. The standard InChI is InChI=1S/C49H52N4O5/c1-33(39-27-22-35-10-3-4-11-40(35)28-39)53(2)31-42-29-46(37-20-18-34(32-54)19-21-37)58-49(57-42)38-25-23-36(24-26-38)43-13-6-5-12-41(43)30-51-47(55)16-9-17-48(56)52-45-15-8-7-14-44(45)50/h3-8,10-15,18-28,33,42,46,49,54H,9,16-17,29-32,50H2,1-2H3,(H,51,55)(H,52,56)/t33-,42-,46+,49+/m1/s1. The SMILES string of the molecule is C[C@H](c1ccc2ccccc2c1)N(C)C[C@H]1C[C@@H](c2ccc(CO)cc2)O[C@@H](c2ccc(-c3ccccc3CNC(=O)CCCC(=O)Nc3ccccc3N)cc2)O1. The van der Waals surface area contributed by atoms with Crippen molar-refractivity contribution in [2.75, 3.05) is 24.6 Å². The Kier molecular flexibility index (Phi) is 13.3. The van der Waals surface area contributed by atoms with Gasteiger partial charge in [-0.15, -0.1) is 0 Å². The molecule has 1 aliphatic heterocycles. The van der Waals surface area contributed by atoms with Crippen LogP contribution in [0.5, 0.6) is 0 Å². The highest BCUT2D eigenvalue weighted by molar-refractivity contribution is 5.94. The van der Waals surface area contributed by atoms with E-state index in [1.54, 1.807) is 12.1 Å². The summed E-state index contributed by atoms with van der Waals surface area (Å²) in [6.07, 6.45) is 0.698. The van der Waals surface area contributed by atoms with Crippen LogP contribution < -0.4 is 16.4 Å². The van der Waals surface area contributed by atoms with Gasteiger partial charge in [-0.25, -0.2) is 0 Å². The van der Waals surface area contributed by atoms with Crippen LogP contribution in [0, 0.1) is 0 Å². The van der Waals surface area contributed by atoms with Crippen molar-refractivity contribution in [1.29, 1.82) is 0 Å². The molecule has 1 fully saturated rings. The number of hydrogen-bond donors (Lipinski definition) is 4. The number of fused-ring (bicyclic) bond motifs is 1. The zero-order chi connectivity index (χ0) is 40.4. The highest BCUT2D eigenvalue weighted by Gasteiger charge is 2.33. The molecule has 0 aliphatic carbocycles. The molecule has 9 heteroatoms. The summed E-state index contributed by atoms with van der Waals surface area (Å²) in [5.74, 6) is -0.290. The third kappa shape index (κ3) is 10.2. The van der Waals surface area contributed by atoms with Crippen molar-refractivity contribution in [3.8, 4) is 11.1 Å². The molecule has 0 aromatic heterocycles. The van der Waals surface area contributed by atoms with Crippen molar-refractivity contribution >= 4 is 34.0 Å². The summed E-state index contributed by atoms with van der Waals surface area (Å²) in [7, 11) is 2.15. The van der Waals surface area contributed by atoms with Gasteiger partial charge in [-0.3, -0.25) is 14.5 Å². The van der Waals surface area contributed by atoms with Crippen molar-refractivity contribution in [3.05, 3.63) is 167 Å². The topological polar surface area (TPSA) is 126 Å². The summed E-state index contributed by atoms with van der Waals surface area (Å²) in [6, 6.07) is 46.7. The monoisotopic (exact) mass is 776 g/mol. The molecule has 58 heavy (non-hydrogen) atoms. The van der Waals surface area contributed by atoms with Gasteiger partial charge >= 0.3 is 0 Å². The van der Waals surface area contributed by atoms with Crippen LogP contribution in [-0.2, 0) is 32.2 Å². The maximum absolute atomic E-state index is 12.8. The second-order valence-electron chi connectivity index (χ2n) is 15.1. The molecule has 4 atom stereocenters. The maximum atomic E-state index is 12.8. The molecular formula is C49H52N4O5. The fourth-order valence-corrected chi connectivity index (χ4v) is 7.53. The van der Waals surface area contributed by atoms with E-state index in [1.165, 1.54) is 16.3 Å². The van der Waals surface area contributed by atoms with Gasteiger partial charge < -0.3 is 30.9 Å². The molecule has 0 spiro atoms. The number of nitrogens with two attached hydrogens (primary N) is 1. The molecule has 0 unspecified atom stereocenters. The Hall–Kier alpha value is -5.84. The van der Waals surface area contributed by atoms with Gasteiger partial charge in [0.1, 0.15) is 0 Å². The van der Waals surface area contributed by atoms with E-state index in [-0.39, 0.29) is 49.5 Å². The summed E-state index contributed by atoms with van der Waals surface area (Å²) >= 11 is 0. The van der Waals surface area contributed by atoms with Gasteiger partial charge in [-0.1, -0.05) is 121 Å². The summed E-state index contributed by atoms with van der Waals surface area (Å²) in [4.78, 5) is 27.5. The molecule has 9 nitrogen and oxygen atoms in total. The van der Waals surface area contributed by atoms with Crippen molar-refractivity contribution < 1.29 is 24.2 Å². The molecule has 298 valence electrons. The van der Waals surface area contributed by atoms with Crippen LogP contribution in [-0.4, -0.2) is 41.5 Å². The number of nitrogens with one attached hydrogen (secondary N) is 2. The van der Waals surface area contributed by atoms with E-state index in [4.69, 9.17) is 15.2 Å². The summed E-state index contributed by atoms with van der Waals surface area (Å²) in [5.41, 5.74) is 14.1. The van der Waals surface area contributed by atoms with E-state index in [0.29, 0.717) is 37.3 Å². The van der Waals surface area contributed by atoms with Crippen LogP contribution in [0.3, 0.4) is 0 Å². The van der Waals surface area contributed by atoms with Crippen molar-refractivity contribution in [3.63, 3.8) is 0 Å². The Morgan fingerprint density at radius 3 is 2.26 bits per heavy atom. The summed E-state index contributed by atoms with van der Waals surface area (Å²) in [6.45, 7) is 3.30. The molecule has 2 amide bonds. The van der Waals surface area contributed by atoms with Gasteiger partial charge in [0, 0.05) is 44.0 Å². The lowest BCUT2D eigenvalue weighted by Crippen LogP contribution is -2.38. The van der Waals surface area contributed by atoms with E-state index in [9.17, 15) is 14.7 Å². The number of hydrogen-bond acceptors (Lipinski definition) is 7. The molecule has 1 saturated heterocycles. The van der Waals surface area contributed by atoms with Crippen molar-refractivity contribution in [1.82, 2.24) is 10.2 Å². The number of carbonyl (C=O) groups excluding carboxylic acids is 2. The van der Waals surface area contributed by atoms with Crippen molar-refractivity contribution in [2.45, 2.75) is 70.3 Å². The normalized spacial score (nSPS) is 17.2. The first-order chi connectivity index (χ1) is 28.2. The van der Waals surface area contributed by atoms with E-state index in [1.807, 2.05) is 54.6 Å². The number of para-hydroxylation sites is 2. The first-order valence-corrected chi connectivity index (χ1v) is 20.0. The number of aliphatic hydroxyl groups excluding tert-OH is 1. The summed E-state index contributed by atoms with van der Waals surface area (Å²) < 4.78 is 13.4. The average molecular weight is 777 g/mol. The molecule has 0 bridgehead atoms. The van der Waals surface area contributed by atoms with Gasteiger partial charge in [0.05, 0.1) is 30.2 Å². The molecule has 6 aromatic rings. The predicted molar refractivity (Wildman–Crippen MR) is 230 cm³/mol. The lowest BCUT2D eigenvalue weighted by atomic mass is 9.97. The minimum atomic E-state index is -0.582. The highest BCUT2D eigenvalue weighted by Crippen LogP contribution is 2.39. The molecule has 5 N–H and O–H groups in total. The first-order valence-electron chi connectivity index (χ1n) is 20.0. The molecule has 1 heterocycles. The van der Waals surface area contributed by atoms with E-state index >= 15 is 0 Å². The number of ether oxygens (including phenoxy) is 2. The molecule has 1 aliphatic rings. The van der Waals surface area contributed by atoms with Crippen LogP contribution in [0.4, 0.5) is 11.4 Å². The first kappa shape index (κ1) is 40.4. The van der Waals surface area contributed by atoms with E-state index in [0.717, 1.165) is 33.4 Å². The zero-order valence-corrected chi connectivity index (χ0v) is 33.1. The van der Waals surface area contributed by atoms with Gasteiger partial charge in [0.25, 0.3) is 0 Å². The third-order valence-electron chi connectivity index (χ3n) is 11.1. The number of benzene rings is 6.